The molecule has 0 bridgehead atoms. The van der Waals surface area contributed by atoms with Crippen molar-refractivity contribution in [1.29, 1.82) is 0 Å². The van der Waals surface area contributed by atoms with Crippen LogP contribution >= 0.6 is 0 Å². The summed E-state index contributed by atoms with van der Waals surface area (Å²) in [5.41, 5.74) is 3.92. The van der Waals surface area contributed by atoms with Crippen LogP contribution in [0.15, 0.2) is 29.1 Å². The van der Waals surface area contributed by atoms with Crippen molar-refractivity contribution in [3.63, 3.8) is 0 Å². The zero-order valence-corrected chi connectivity index (χ0v) is 15.3. The lowest BCUT2D eigenvalue weighted by Crippen LogP contribution is -2.19. The topological polar surface area (TPSA) is 93.8 Å². The molecule has 26 heavy (non-hydrogen) atoms. The molecule has 8 heteroatoms. The van der Waals surface area contributed by atoms with Crippen molar-refractivity contribution in [2.75, 3.05) is 17.2 Å². The first-order valence-electron chi connectivity index (χ1n) is 8.36. The van der Waals surface area contributed by atoms with Crippen LogP contribution in [0.3, 0.4) is 0 Å². The Morgan fingerprint density at radius 2 is 1.69 bits per heavy atom. The van der Waals surface area contributed by atoms with Crippen molar-refractivity contribution in [3.8, 4) is 0 Å². The van der Waals surface area contributed by atoms with Crippen molar-refractivity contribution in [1.82, 2.24) is 19.1 Å². The highest BCUT2D eigenvalue weighted by Gasteiger charge is 2.09. The van der Waals surface area contributed by atoms with Gasteiger partial charge in [-0.15, -0.1) is 0 Å². The Kier molecular flexibility index (Phi) is 4.75. The summed E-state index contributed by atoms with van der Waals surface area (Å²) < 4.78 is 3.14. The van der Waals surface area contributed by atoms with Crippen LogP contribution in [0.4, 0.5) is 11.6 Å². The van der Waals surface area contributed by atoms with Crippen LogP contribution in [0.2, 0.25) is 0 Å². The SMILES string of the molecule is Cc1cc(C)nc(NCCC(=O)Nc2ccc3c(c2)n(C)c(=O)n3C)n1. The molecule has 1 amide bonds. The number of rotatable bonds is 5. The number of hydrogen-bond acceptors (Lipinski definition) is 5. The molecular formula is C18H22N6O2. The van der Waals surface area contributed by atoms with E-state index >= 15 is 0 Å². The van der Waals surface area contributed by atoms with Gasteiger partial charge in [-0.3, -0.25) is 13.9 Å². The summed E-state index contributed by atoms with van der Waals surface area (Å²) in [4.78, 5) is 32.7. The van der Waals surface area contributed by atoms with E-state index in [1.54, 1.807) is 35.4 Å². The van der Waals surface area contributed by atoms with Crippen molar-refractivity contribution in [3.05, 3.63) is 46.1 Å². The van der Waals surface area contributed by atoms with Gasteiger partial charge in [0.15, 0.2) is 0 Å². The van der Waals surface area contributed by atoms with E-state index < -0.39 is 0 Å². The van der Waals surface area contributed by atoms with Crippen molar-refractivity contribution in [2.45, 2.75) is 20.3 Å². The quantitative estimate of drug-likeness (QED) is 0.728. The Bertz CT molecular complexity index is 1010. The maximum Gasteiger partial charge on any atom is 0.328 e. The molecule has 136 valence electrons. The summed E-state index contributed by atoms with van der Waals surface area (Å²) in [7, 11) is 3.44. The fourth-order valence-electron chi connectivity index (χ4n) is 2.90. The molecule has 0 atom stereocenters. The molecule has 0 fully saturated rings. The summed E-state index contributed by atoms with van der Waals surface area (Å²) in [5, 5.41) is 5.92. The van der Waals surface area contributed by atoms with Gasteiger partial charge in [0, 0.05) is 44.1 Å². The van der Waals surface area contributed by atoms with Gasteiger partial charge in [0.1, 0.15) is 0 Å². The summed E-state index contributed by atoms with van der Waals surface area (Å²) in [6.07, 6.45) is 0.280. The second-order valence-electron chi connectivity index (χ2n) is 6.30. The minimum atomic E-state index is -0.123. The summed E-state index contributed by atoms with van der Waals surface area (Å²) in [5.74, 6) is 0.401. The standard InChI is InChI=1S/C18H22N6O2/c1-11-9-12(2)21-17(20-11)19-8-7-16(25)22-13-5-6-14-15(10-13)24(4)18(26)23(14)3/h5-6,9-10H,7-8H2,1-4H3,(H,22,25)(H,19,20,21). The minimum absolute atomic E-state index is 0.0962. The van der Waals surface area contributed by atoms with Gasteiger partial charge < -0.3 is 10.6 Å². The third-order valence-electron chi connectivity index (χ3n) is 4.17. The van der Waals surface area contributed by atoms with E-state index in [-0.39, 0.29) is 18.0 Å². The maximum absolute atomic E-state index is 12.2. The molecule has 0 aliphatic rings. The molecule has 2 N–H and O–H groups in total. The molecule has 2 heterocycles. The van der Waals surface area contributed by atoms with Crippen LogP contribution in [-0.4, -0.2) is 31.6 Å². The molecule has 3 rings (SSSR count). The number of imidazole rings is 1. The number of anilines is 2. The third kappa shape index (κ3) is 3.58. The van der Waals surface area contributed by atoms with Crippen molar-refractivity contribution in [2.24, 2.45) is 14.1 Å². The van der Waals surface area contributed by atoms with Crippen LogP contribution in [0.25, 0.3) is 11.0 Å². The van der Waals surface area contributed by atoms with Crippen LogP contribution in [0, 0.1) is 13.8 Å². The Hall–Kier alpha value is -3.16. The Morgan fingerprint density at radius 1 is 1.04 bits per heavy atom. The number of carbonyl (C=O) groups is 1. The number of aryl methyl sites for hydroxylation is 4. The minimum Gasteiger partial charge on any atom is -0.354 e. The predicted molar refractivity (Wildman–Crippen MR) is 101 cm³/mol. The van der Waals surface area contributed by atoms with Crippen LogP contribution < -0.4 is 16.3 Å². The van der Waals surface area contributed by atoms with E-state index in [4.69, 9.17) is 0 Å². The van der Waals surface area contributed by atoms with Crippen LogP contribution in [0.1, 0.15) is 17.8 Å². The molecule has 3 aromatic rings. The Morgan fingerprint density at radius 3 is 2.38 bits per heavy atom. The highest BCUT2D eigenvalue weighted by Crippen LogP contribution is 2.17. The molecular weight excluding hydrogens is 332 g/mol. The van der Waals surface area contributed by atoms with E-state index in [2.05, 4.69) is 20.6 Å². The Balaban J connectivity index is 1.62. The molecule has 0 radical (unpaired) electrons. The van der Waals surface area contributed by atoms with Crippen molar-refractivity contribution < 1.29 is 4.79 Å². The second-order valence-corrected chi connectivity index (χ2v) is 6.30. The normalized spacial score (nSPS) is 10.9. The van der Waals surface area contributed by atoms with Crippen LogP contribution in [0.5, 0.6) is 0 Å². The first kappa shape index (κ1) is 17.7. The second kappa shape index (κ2) is 6.99. The fourth-order valence-corrected chi connectivity index (χ4v) is 2.90. The third-order valence-corrected chi connectivity index (χ3v) is 4.17. The smallest absolute Gasteiger partial charge is 0.328 e. The zero-order chi connectivity index (χ0) is 18.8. The van der Waals surface area contributed by atoms with Gasteiger partial charge in [-0.05, 0) is 38.1 Å². The molecule has 0 unspecified atom stereocenters. The van der Waals surface area contributed by atoms with Gasteiger partial charge in [0.2, 0.25) is 11.9 Å². The largest absolute Gasteiger partial charge is 0.354 e. The molecule has 0 saturated carbocycles. The van der Waals surface area contributed by atoms with Crippen molar-refractivity contribution >= 4 is 28.6 Å². The first-order valence-corrected chi connectivity index (χ1v) is 8.36. The van der Waals surface area contributed by atoms with E-state index in [1.807, 2.05) is 26.0 Å². The van der Waals surface area contributed by atoms with Gasteiger partial charge >= 0.3 is 5.69 Å². The summed E-state index contributed by atoms with van der Waals surface area (Å²) >= 11 is 0. The number of hydrogen-bond donors (Lipinski definition) is 2. The lowest BCUT2D eigenvalue weighted by Gasteiger charge is -2.08. The summed E-state index contributed by atoms with van der Waals surface area (Å²) in [6.45, 7) is 4.24. The number of benzene rings is 1. The first-order chi connectivity index (χ1) is 12.3. The molecule has 0 aliphatic heterocycles. The fraction of sp³-hybridized carbons (Fsp3) is 0.333. The summed E-state index contributed by atoms with van der Waals surface area (Å²) in [6, 6.07) is 7.31. The number of aromatic nitrogens is 4. The molecule has 0 spiro atoms. The van der Waals surface area contributed by atoms with E-state index in [0.29, 0.717) is 18.2 Å². The highest BCUT2D eigenvalue weighted by molar-refractivity contribution is 5.93. The van der Waals surface area contributed by atoms with E-state index in [0.717, 1.165) is 22.4 Å². The lowest BCUT2D eigenvalue weighted by molar-refractivity contribution is -0.115. The Labute approximate surface area is 150 Å². The van der Waals surface area contributed by atoms with E-state index in [9.17, 15) is 9.59 Å². The van der Waals surface area contributed by atoms with Gasteiger partial charge in [0.25, 0.3) is 0 Å². The predicted octanol–water partition coefficient (Wildman–Crippen LogP) is 1.72. The number of carbonyl (C=O) groups excluding carboxylic acids is 1. The number of fused-ring (bicyclic) bond motifs is 1. The molecule has 8 nitrogen and oxygen atoms in total. The van der Waals surface area contributed by atoms with Gasteiger partial charge in [-0.2, -0.15) is 0 Å². The van der Waals surface area contributed by atoms with Gasteiger partial charge in [-0.25, -0.2) is 14.8 Å². The number of nitrogens with zero attached hydrogens (tertiary/aromatic N) is 4. The zero-order valence-electron chi connectivity index (χ0n) is 15.3. The number of amides is 1. The lowest BCUT2D eigenvalue weighted by atomic mass is 10.2. The van der Waals surface area contributed by atoms with E-state index in [1.165, 1.54) is 0 Å². The maximum atomic E-state index is 12.2. The molecule has 0 saturated heterocycles. The number of nitrogens with one attached hydrogen (secondary N) is 2. The molecule has 1 aromatic carbocycles. The average Bonchev–Trinajstić information content (AvgIpc) is 2.78. The van der Waals surface area contributed by atoms with Gasteiger partial charge in [0.05, 0.1) is 11.0 Å². The van der Waals surface area contributed by atoms with Crippen LogP contribution in [-0.2, 0) is 18.9 Å². The monoisotopic (exact) mass is 354 g/mol. The molecule has 0 aliphatic carbocycles. The van der Waals surface area contributed by atoms with Gasteiger partial charge in [-0.1, -0.05) is 0 Å². The molecule has 2 aromatic heterocycles. The highest BCUT2D eigenvalue weighted by atomic mass is 16.2. The average molecular weight is 354 g/mol.